The predicted molar refractivity (Wildman–Crippen MR) is 59.3 cm³/mol. The molecule has 0 spiro atoms. The molecule has 1 amide bonds. The minimum absolute atomic E-state index is 0.0402. The second kappa shape index (κ2) is 4.24. The van der Waals surface area contributed by atoms with Crippen LogP contribution in [0.4, 0.5) is 0 Å². The monoisotopic (exact) mass is 237 g/mol. The molecule has 1 aliphatic heterocycles. The van der Waals surface area contributed by atoms with Gasteiger partial charge in [0.05, 0.1) is 5.92 Å². The maximum atomic E-state index is 11.6. The second-order valence-electron chi connectivity index (χ2n) is 4.38. The van der Waals surface area contributed by atoms with E-state index in [9.17, 15) is 14.7 Å². The third kappa shape index (κ3) is 2.05. The smallest absolute Gasteiger partial charge is 0.309 e. The number of carbonyl (C=O) groups excluding carboxylic acids is 1. The Bertz CT molecular complexity index is 451. The number of piperidine rings is 1. The first-order chi connectivity index (χ1) is 8.00. The van der Waals surface area contributed by atoms with Crippen LogP contribution in [0.1, 0.15) is 30.4 Å². The molecule has 1 aliphatic rings. The zero-order valence-corrected chi connectivity index (χ0v) is 9.84. The number of hydrogen-bond donors (Lipinski definition) is 1. The van der Waals surface area contributed by atoms with E-state index in [1.165, 1.54) is 4.90 Å². The molecule has 2 atom stereocenters. The van der Waals surface area contributed by atoms with Gasteiger partial charge in [-0.05, 0) is 25.5 Å². The fourth-order valence-corrected chi connectivity index (χ4v) is 2.30. The van der Waals surface area contributed by atoms with Crippen LogP contribution in [0.5, 0.6) is 0 Å². The number of hydrogen-bond acceptors (Lipinski definition) is 3. The highest BCUT2D eigenvalue weighted by Crippen LogP contribution is 2.36. The maximum absolute atomic E-state index is 11.6. The average molecular weight is 237 g/mol. The molecule has 1 fully saturated rings. The summed E-state index contributed by atoms with van der Waals surface area (Å²) < 4.78 is 5.46. The lowest BCUT2D eigenvalue weighted by Crippen LogP contribution is -2.42. The van der Waals surface area contributed by atoms with Crippen molar-refractivity contribution in [3.63, 3.8) is 0 Å². The molecule has 1 saturated heterocycles. The van der Waals surface area contributed by atoms with Crippen molar-refractivity contribution < 1.29 is 19.1 Å². The van der Waals surface area contributed by atoms with E-state index in [-0.39, 0.29) is 12.3 Å². The van der Waals surface area contributed by atoms with Gasteiger partial charge < -0.3 is 14.4 Å². The number of aliphatic carboxylic acids is 1. The summed E-state index contributed by atoms with van der Waals surface area (Å²) in [5.41, 5.74) is 0. The summed E-state index contributed by atoms with van der Waals surface area (Å²) >= 11 is 0. The molecule has 1 aromatic rings. The van der Waals surface area contributed by atoms with E-state index in [4.69, 9.17) is 4.42 Å². The number of carbonyl (C=O) groups is 2. The van der Waals surface area contributed by atoms with Crippen molar-refractivity contribution in [2.24, 2.45) is 5.92 Å². The van der Waals surface area contributed by atoms with Gasteiger partial charge in [0.2, 0.25) is 5.91 Å². The fourth-order valence-electron chi connectivity index (χ4n) is 2.30. The van der Waals surface area contributed by atoms with Crippen LogP contribution in [0.15, 0.2) is 16.5 Å². The zero-order chi connectivity index (χ0) is 12.6. The number of furan rings is 1. The summed E-state index contributed by atoms with van der Waals surface area (Å²) in [6.45, 7) is 1.80. The van der Waals surface area contributed by atoms with E-state index in [1.807, 2.05) is 0 Å². The first-order valence-corrected chi connectivity index (χ1v) is 5.55. The summed E-state index contributed by atoms with van der Waals surface area (Å²) in [4.78, 5) is 24.3. The maximum Gasteiger partial charge on any atom is 0.309 e. The Morgan fingerprint density at radius 3 is 2.76 bits per heavy atom. The lowest BCUT2D eigenvalue weighted by Gasteiger charge is -2.35. The fraction of sp³-hybridized carbons (Fsp3) is 0.500. The molecular weight excluding hydrogens is 222 g/mol. The van der Waals surface area contributed by atoms with Crippen molar-refractivity contribution in [2.45, 2.75) is 25.8 Å². The summed E-state index contributed by atoms with van der Waals surface area (Å²) in [6, 6.07) is 3.02. The van der Waals surface area contributed by atoms with Gasteiger partial charge in [-0.2, -0.15) is 0 Å². The molecule has 17 heavy (non-hydrogen) atoms. The second-order valence-corrected chi connectivity index (χ2v) is 4.38. The standard InChI is InChI=1S/C12H15NO4/c1-7-3-5-9(17-7)11-8(12(15)16)4-6-10(14)13(11)2/h3,5,8,11H,4,6H2,1-2H3,(H,15,16)/t8-,11-/m0/s1. The Morgan fingerprint density at radius 1 is 1.53 bits per heavy atom. The SMILES string of the molecule is Cc1ccc([C@@H]2[C@@H](C(=O)O)CCC(=O)N2C)o1. The summed E-state index contributed by atoms with van der Waals surface area (Å²) in [7, 11) is 1.62. The third-order valence-electron chi connectivity index (χ3n) is 3.23. The molecule has 1 aromatic heterocycles. The first kappa shape index (κ1) is 11.7. The molecule has 0 aliphatic carbocycles. The molecule has 1 N–H and O–H groups in total. The highest BCUT2D eigenvalue weighted by Gasteiger charge is 2.40. The lowest BCUT2D eigenvalue weighted by atomic mass is 9.87. The van der Waals surface area contributed by atoms with Crippen molar-refractivity contribution in [3.8, 4) is 0 Å². The quantitative estimate of drug-likeness (QED) is 0.847. The van der Waals surface area contributed by atoms with Crippen LogP contribution < -0.4 is 0 Å². The van der Waals surface area contributed by atoms with Gasteiger partial charge in [-0.3, -0.25) is 9.59 Å². The van der Waals surface area contributed by atoms with Gasteiger partial charge in [-0.1, -0.05) is 0 Å². The van der Waals surface area contributed by atoms with Gasteiger partial charge >= 0.3 is 5.97 Å². The van der Waals surface area contributed by atoms with E-state index < -0.39 is 17.9 Å². The van der Waals surface area contributed by atoms with Gasteiger partial charge in [-0.15, -0.1) is 0 Å². The van der Waals surface area contributed by atoms with Crippen LogP contribution in [0, 0.1) is 12.8 Å². The number of likely N-dealkylation sites (tertiary alicyclic amines) is 1. The molecule has 5 heteroatoms. The zero-order valence-electron chi connectivity index (χ0n) is 9.84. The summed E-state index contributed by atoms with van der Waals surface area (Å²) in [5, 5.41) is 9.20. The van der Waals surface area contributed by atoms with Gasteiger partial charge in [0, 0.05) is 13.5 Å². The molecule has 5 nitrogen and oxygen atoms in total. The molecule has 2 rings (SSSR count). The van der Waals surface area contributed by atoms with Crippen LogP contribution in [0.2, 0.25) is 0 Å². The number of carboxylic acid groups (broad SMARTS) is 1. The normalized spacial score (nSPS) is 25.1. The van der Waals surface area contributed by atoms with Crippen molar-refractivity contribution >= 4 is 11.9 Å². The van der Waals surface area contributed by atoms with E-state index in [1.54, 1.807) is 26.1 Å². The Labute approximate surface area is 99.0 Å². The van der Waals surface area contributed by atoms with Crippen molar-refractivity contribution in [3.05, 3.63) is 23.7 Å². The van der Waals surface area contributed by atoms with Gasteiger partial charge in [-0.25, -0.2) is 0 Å². The highest BCUT2D eigenvalue weighted by atomic mass is 16.4. The van der Waals surface area contributed by atoms with Crippen LogP contribution in [0.25, 0.3) is 0 Å². The molecule has 0 saturated carbocycles. The van der Waals surface area contributed by atoms with E-state index in [2.05, 4.69) is 0 Å². The predicted octanol–water partition coefficient (Wildman–Crippen LogP) is 1.58. The molecule has 0 radical (unpaired) electrons. The summed E-state index contributed by atoms with van der Waals surface area (Å²) in [6.07, 6.45) is 0.645. The van der Waals surface area contributed by atoms with Gasteiger partial charge in [0.15, 0.2) is 0 Å². The number of carboxylic acids is 1. The molecule has 0 unspecified atom stereocenters. The van der Waals surface area contributed by atoms with Crippen molar-refractivity contribution in [2.75, 3.05) is 7.05 Å². The van der Waals surface area contributed by atoms with E-state index in [0.29, 0.717) is 12.2 Å². The van der Waals surface area contributed by atoms with Crippen LogP contribution in [-0.2, 0) is 9.59 Å². The topological polar surface area (TPSA) is 70.8 Å². The van der Waals surface area contributed by atoms with Crippen LogP contribution >= 0.6 is 0 Å². The van der Waals surface area contributed by atoms with E-state index >= 15 is 0 Å². The highest BCUT2D eigenvalue weighted by molar-refractivity contribution is 5.81. The molecule has 92 valence electrons. The molecule has 0 aromatic carbocycles. The van der Waals surface area contributed by atoms with Crippen LogP contribution in [-0.4, -0.2) is 28.9 Å². The Hall–Kier alpha value is -1.78. The Balaban J connectivity index is 2.36. The Kier molecular flexibility index (Phi) is 2.92. The van der Waals surface area contributed by atoms with Crippen LogP contribution in [0.3, 0.4) is 0 Å². The number of amides is 1. The lowest BCUT2D eigenvalue weighted by molar-refractivity contribution is -0.151. The molecule has 2 heterocycles. The Morgan fingerprint density at radius 2 is 2.24 bits per heavy atom. The van der Waals surface area contributed by atoms with Crippen molar-refractivity contribution in [1.82, 2.24) is 4.90 Å². The van der Waals surface area contributed by atoms with Gasteiger partial charge in [0.1, 0.15) is 17.6 Å². The third-order valence-corrected chi connectivity index (χ3v) is 3.23. The number of aryl methyl sites for hydroxylation is 1. The molecular formula is C12H15NO4. The van der Waals surface area contributed by atoms with Crippen molar-refractivity contribution in [1.29, 1.82) is 0 Å². The minimum atomic E-state index is -0.886. The van der Waals surface area contributed by atoms with Gasteiger partial charge in [0.25, 0.3) is 0 Å². The summed E-state index contributed by atoms with van der Waals surface area (Å²) in [5.74, 6) is -0.255. The number of nitrogens with zero attached hydrogens (tertiary/aromatic N) is 1. The minimum Gasteiger partial charge on any atom is -0.481 e. The first-order valence-electron chi connectivity index (χ1n) is 5.55. The average Bonchev–Trinajstić information content (AvgIpc) is 2.68. The van der Waals surface area contributed by atoms with E-state index in [0.717, 1.165) is 5.76 Å². The molecule has 0 bridgehead atoms. The largest absolute Gasteiger partial charge is 0.481 e. The number of rotatable bonds is 2.